The molecule has 0 radical (unpaired) electrons. The zero-order valence-corrected chi connectivity index (χ0v) is 13.2. The van der Waals surface area contributed by atoms with Gasteiger partial charge in [0.2, 0.25) is 0 Å². The molecule has 0 aliphatic carbocycles. The first-order valence-electron chi connectivity index (χ1n) is 6.89. The molecule has 1 aromatic rings. The quantitative estimate of drug-likeness (QED) is 0.815. The molecule has 0 amide bonds. The van der Waals surface area contributed by atoms with Crippen LogP contribution in [0.2, 0.25) is 0 Å². The fraction of sp³-hybridized carbons (Fsp3) is 0.571. The molecular formula is C14H18BrF3N2O. The van der Waals surface area contributed by atoms with Crippen LogP contribution >= 0.6 is 15.9 Å². The van der Waals surface area contributed by atoms with Gasteiger partial charge in [0, 0.05) is 17.8 Å². The largest absolute Gasteiger partial charge is 0.573 e. The highest BCUT2D eigenvalue weighted by Gasteiger charge is 2.32. The van der Waals surface area contributed by atoms with Crippen LogP contribution in [-0.2, 0) is 0 Å². The normalized spacial score (nSPS) is 20.3. The Morgan fingerprint density at radius 2 is 2.24 bits per heavy atom. The molecule has 2 rings (SSSR count). The minimum absolute atomic E-state index is 0.238. The van der Waals surface area contributed by atoms with Crippen LogP contribution in [0.3, 0.4) is 0 Å². The lowest BCUT2D eigenvalue weighted by molar-refractivity contribution is -0.274. The first-order valence-corrected chi connectivity index (χ1v) is 7.68. The van der Waals surface area contributed by atoms with E-state index in [-0.39, 0.29) is 16.3 Å². The number of nitrogens with one attached hydrogen (secondary N) is 2. The van der Waals surface area contributed by atoms with Crippen LogP contribution in [0.15, 0.2) is 22.7 Å². The summed E-state index contributed by atoms with van der Waals surface area (Å²) in [4.78, 5) is 0. The van der Waals surface area contributed by atoms with Crippen LogP contribution in [0.5, 0.6) is 5.75 Å². The molecule has 1 saturated heterocycles. The van der Waals surface area contributed by atoms with Gasteiger partial charge in [-0.05, 0) is 66.9 Å². The molecule has 2 N–H and O–H groups in total. The van der Waals surface area contributed by atoms with E-state index in [9.17, 15) is 13.2 Å². The van der Waals surface area contributed by atoms with E-state index in [0.717, 1.165) is 18.7 Å². The highest BCUT2D eigenvalue weighted by atomic mass is 79.9. The Hall–Kier alpha value is -0.950. The summed E-state index contributed by atoms with van der Waals surface area (Å²) in [6.07, 6.45) is -1.32. The van der Waals surface area contributed by atoms with E-state index in [1.807, 2.05) is 0 Å². The third kappa shape index (κ3) is 5.39. The van der Waals surface area contributed by atoms with Crippen molar-refractivity contribution in [2.24, 2.45) is 0 Å². The van der Waals surface area contributed by atoms with E-state index in [0.29, 0.717) is 6.04 Å². The van der Waals surface area contributed by atoms with E-state index >= 15 is 0 Å². The van der Waals surface area contributed by atoms with E-state index < -0.39 is 6.36 Å². The Balaban J connectivity index is 1.93. The van der Waals surface area contributed by atoms with Gasteiger partial charge in [-0.25, -0.2) is 0 Å². The molecule has 21 heavy (non-hydrogen) atoms. The van der Waals surface area contributed by atoms with Crippen molar-refractivity contribution in [2.45, 2.75) is 44.6 Å². The molecule has 3 nitrogen and oxygen atoms in total. The first-order chi connectivity index (χ1) is 9.83. The predicted octanol–water partition coefficient (Wildman–Crippen LogP) is 4.29. The summed E-state index contributed by atoms with van der Waals surface area (Å²) in [6, 6.07) is 5.25. The number of rotatable bonds is 5. The smallest absolute Gasteiger partial charge is 0.405 e. The Morgan fingerprint density at radius 3 is 2.81 bits per heavy atom. The van der Waals surface area contributed by atoms with Gasteiger partial charge in [0.25, 0.3) is 0 Å². The lowest BCUT2D eigenvalue weighted by Gasteiger charge is -2.20. The SMILES string of the molecule is CC(CC1CCCN1)Nc1ccc(OC(F)(F)F)c(Br)c1. The van der Waals surface area contributed by atoms with Gasteiger partial charge in [0.1, 0.15) is 5.75 Å². The summed E-state index contributed by atoms with van der Waals surface area (Å²) in [5.41, 5.74) is 0.766. The highest BCUT2D eigenvalue weighted by Crippen LogP contribution is 2.32. The molecule has 1 aliphatic heterocycles. The van der Waals surface area contributed by atoms with Crippen LogP contribution in [0.25, 0.3) is 0 Å². The number of ether oxygens (including phenoxy) is 1. The molecule has 1 aliphatic rings. The fourth-order valence-electron chi connectivity index (χ4n) is 2.53. The summed E-state index contributed by atoms with van der Waals surface area (Å²) in [5.74, 6) is -0.238. The Kier molecular flexibility index (Phi) is 5.37. The number of benzene rings is 1. The number of alkyl halides is 3. The third-order valence-corrected chi connectivity index (χ3v) is 3.99. The van der Waals surface area contributed by atoms with Crippen molar-refractivity contribution in [3.05, 3.63) is 22.7 Å². The van der Waals surface area contributed by atoms with Gasteiger partial charge in [-0.2, -0.15) is 0 Å². The molecule has 2 unspecified atom stereocenters. The number of anilines is 1. The van der Waals surface area contributed by atoms with Crippen molar-refractivity contribution in [1.29, 1.82) is 0 Å². The van der Waals surface area contributed by atoms with Gasteiger partial charge < -0.3 is 15.4 Å². The van der Waals surface area contributed by atoms with Gasteiger partial charge in [-0.3, -0.25) is 0 Å². The average Bonchev–Trinajstić information content (AvgIpc) is 2.84. The second kappa shape index (κ2) is 6.87. The Bertz CT molecular complexity index is 476. The van der Waals surface area contributed by atoms with Gasteiger partial charge in [-0.1, -0.05) is 0 Å². The molecule has 0 bridgehead atoms. The van der Waals surface area contributed by atoms with Gasteiger partial charge in [-0.15, -0.1) is 13.2 Å². The zero-order valence-electron chi connectivity index (χ0n) is 11.6. The lowest BCUT2D eigenvalue weighted by Crippen LogP contribution is -2.29. The predicted molar refractivity (Wildman–Crippen MR) is 79.6 cm³/mol. The van der Waals surface area contributed by atoms with Gasteiger partial charge >= 0.3 is 6.36 Å². The van der Waals surface area contributed by atoms with E-state index in [1.54, 1.807) is 12.1 Å². The van der Waals surface area contributed by atoms with Crippen molar-refractivity contribution in [3.63, 3.8) is 0 Å². The number of hydrogen-bond donors (Lipinski definition) is 2. The Morgan fingerprint density at radius 1 is 1.48 bits per heavy atom. The zero-order chi connectivity index (χ0) is 15.5. The van der Waals surface area contributed by atoms with Crippen molar-refractivity contribution in [1.82, 2.24) is 5.32 Å². The maximum atomic E-state index is 12.2. The first kappa shape index (κ1) is 16.4. The minimum atomic E-state index is -4.68. The second-order valence-corrected chi connectivity index (χ2v) is 6.12. The van der Waals surface area contributed by atoms with Crippen molar-refractivity contribution >= 4 is 21.6 Å². The third-order valence-electron chi connectivity index (χ3n) is 3.37. The molecule has 1 heterocycles. The van der Waals surface area contributed by atoms with E-state index in [4.69, 9.17) is 0 Å². The van der Waals surface area contributed by atoms with Gasteiger partial charge in [0.15, 0.2) is 0 Å². The molecule has 7 heteroatoms. The molecule has 118 valence electrons. The maximum absolute atomic E-state index is 12.2. The summed E-state index contributed by atoms with van der Waals surface area (Å²) >= 11 is 3.10. The van der Waals surface area contributed by atoms with Crippen LogP contribution < -0.4 is 15.4 Å². The van der Waals surface area contributed by atoms with Crippen molar-refractivity contribution in [3.8, 4) is 5.75 Å². The molecular weight excluding hydrogens is 349 g/mol. The van der Waals surface area contributed by atoms with E-state index in [1.165, 1.54) is 18.9 Å². The molecule has 0 aromatic heterocycles. The van der Waals surface area contributed by atoms with E-state index in [2.05, 4.69) is 38.2 Å². The lowest BCUT2D eigenvalue weighted by atomic mass is 10.1. The maximum Gasteiger partial charge on any atom is 0.573 e. The Labute approximate surface area is 130 Å². The summed E-state index contributed by atoms with van der Waals surface area (Å²) < 4.78 is 40.8. The second-order valence-electron chi connectivity index (χ2n) is 5.27. The monoisotopic (exact) mass is 366 g/mol. The molecule has 1 fully saturated rings. The number of halogens is 4. The highest BCUT2D eigenvalue weighted by molar-refractivity contribution is 9.10. The summed E-state index contributed by atoms with van der Waals surface area (Å²) in [5, 5.41) is 6.72. The molecule has 0 spiro atoms. The van der Waals surface area contributed by atoms with Crippen LogP contribution in [0.1, 0.15) is 26.2 Å². The minimum Gasteiger partial charge on any atom is -0.405 e. The summed E-state index contributed by atoms with van der Waals surface area (Å²) in [6.45, 7) is 3.13. The standard InChI is InChI=1S/C14H18BrF3N2O/c1-9(7-10-3-2-6-19-10)20-11-4-5-13(12(15)8-11)21-14(16,17)18/h4-5,8-10,19-20H,2-3,6-7H2,1H3. The molecule has 1 aromatic carbocycles. The van der Waals surface area contributed by atoms with Gasteiger partial charge in [0.05, 0.1) is 4.47 Å². The van der Waals surface area contributed by atoms with Crippen LogP contribution in [0.4, 0.5) is 18.9 Å². The molecule has 0 saturated carbocycles. The van der Waals surface area contributed by atoms with Crippen LogP contribution in [-0.4, -0.2) is 25.0 Å². The van der Waals surface area contributed by atoms with Crippen molar-refractivity contribution in [2.75, 3.05) is 11.9 Å². The average molecular weight is 367 g/mol. The van der Waals surface area contributed by atoms with Crippen LogP contribution in [0, 0.1) is 0 Å². The number of hydrogen-bond acceptors (Lipinski definition) is 3. The van der Waals surface area contributed by atoms with Crippen molar-refractivity contribution < 1.29 is 17.9 Å². The molecule has 2 atom stereocenters. The fourth-order valence-corrected chi connectivity index (χ4v) is 2.99. The summed E-state index contributed by atoms with van der Waals surface area (Å²) in [7, 11) is 0. The topological polar surface area (TPSA) is 33.3 Å².